The monoisotopic (exact) mass is 179 g/mol. The third kappa shape index (κ3) is 2.54. The Labute approximate surface area is 71.2 Å². The molecule has 0 fully saturated rings. The molecule has 0 spiro atoms. The van der Waals surface area contributed by atoms with E-state index in [1.54, 1.807) is 7.05 Å². The van der Waals surface area contributed by atoms with E-state index >= 15 is 0 Å². The largest absolute Gasteiger partial charge is 0.294 e. The quantitative estimate of drug-likeness (QED) is 0.666. The van der Waals surface area contributed by atoms with Crippen LogP contribution in [-0.2, 0) is 11.3 Å². The lowest BCUT2D eigenvalue weighted by Crippen LogP contribution is -2.43. The minimum atomic E-state index is -1.85. The Bertz CT molecular complexity index is 145. The zero-order valence-electron chi connectivity index (χ0n) is 7.63. The molecule has 11 heavy (non-hydrogen) atoms. The second kappa shape index (κ2) is 4.18. The van der Waals surface area contributed by atoms with Gasteiger partial charge >= 0.3 is 0 Å². The lowest BCUT2D eigenvalue weighted by Gasteiger charge is -2.33. The molecule has 68 valence electrons. The average molecular weight is 179 g/mol. The predicted octanol–water partition coefficient (Wildman–Crippen LogP) is 1.63. The van der Waals surface area contributed by atoms with Gasteiger partial charge in [0, 0.05) is 12.6 Å². The Balaban J connectivity index is 4.36. The van der Waals surface area contributed by atoms with Crippen molar-refractivity contribution in [1.29, 1.82) is 0 Å². The molecule has 0 aliphatic heterocycles. The first-order valence-corrected chi connectivity index (χ1v) is 4.89. The van der Waals surface area contributed by atoms with Crippen molar-refractivity contribution >= 4 is 11.3 Å². The predicted molar refractivity (Wildman–Crippen MR) is 47.5 cm³/mol. The standard InChI is InChI=1S/C7H17NO2S/c1-5-7(3,6-2)8(4)11(9)10/h5-6H2,1-4H3,(H,9,10). The molecule has 0 aliphatic carbocycles. The number of nitrogens with zero attached hydrogens (tertiary/aromatic N) is 1. The summed E-state index contributed by atoms with van der Waals surface area (Å²) in [7, 11) is 1.67. The topological polar surface area (TPSA) is 40.5 Å². The molecule has 0 aromatic rings. The normalized spacial score (nSPS) is 15.5. The van der Waals surface area contributed by atoms with Crippen molar-refractivity contribution in [3.05, 3.63) is 0 Å². The molecule has 0 rings (SSSR count). The van der Waals surface area contributed by atoms with E-state index in [1.165, 1.54) is 4.31 Å². The van der Waals surface area contributed by atoms with E-state index in [0.717, 1.165) is 12.8 Å². The maximum absolute atomic E-state index is 10.7. The Morgan fingerprint density at radius 2 is 1.82 bits per heavy atom. The first-order valence-electron chi connectivity index (χ1n) is 3.82. The van der Waals surface area contributed by atoms with Crippen molar-refractivity contribution in [2.24, 2.45) is 0 Å². The molecule has 1 N–H and O–H groups in total. The fourth-order valence-corrected chi connectivity index (χ4v) is 1.52. The highest BCUT2D eigenvalue weighted by Crippen LogP contribution is 2.22. The molecule has 3 nitrogen and oxygen atoms in total. The van der Waals surface area contributed by atoms with Gasteiger partial charge in [0.15, 0.2) is 0 Å². The molecule has 0 saturated carbocycles. The van der Waals surface area contributed by atoms with Gasteiger partial charge in [-0.15, -0.1) is 0 Å². The minimum Gasteiger partial charge on any atom is -0.294 e. The van der Waals surface area contributed by atoms with Crippen LogP contribution in [0, 0.1) is 0 Å². The Morgan fingerprint density at radius 3 is 1.91 bits per heavy atom. The third-order valence-electron chi connectivity index (χ3n) is 2.52. The van der Waals surface area contributed by atoms with Crippen LogP contribution < -0.4 is 0 Å². The van der Waals surface area contributed by atoms with Gasteiger partial charge in [0.05, 0.1) is 0 Å². The average Bonchev–Trinajstić information content (AvgIpc) is 2.01. The van der Waals surface area contributed by atoms with Gasteiger partial charge in [-0.2, -0.15) is 4.31 Å². The van der Waals surface area contributed by atoms with Gasteiger partial charge in [-0.05, 0) is 19.8 Å². The fraction of sp³-hybridized carbons (Fsp3) is 1.00. The minimum absolute atomic E-state index is 0.153. The zero-order chi connectivity index (χ0) is 9.07. The molecule has 0 aliphatic rings. The second-order valence-electron chi connectivity index (χ2n) is 2.93. The summed E-state index contributed by atoms with van der Waals surface area (Å²) in [5.74, 6) is 0. The third-order valence-corrected chi connectivity index (χ3v) is 3.43. The number of hydrogen-bond donors (Lipinski definition) is 1. The van der Waals surface area contributed by atoms with Gasteiger partial charge in [0.1, 0.15) is 0 Å². The van der Waals surface area contributed by atoms with E-state index in [1.807, 2.05) is 20.8 Å². The first-order chi connectivity index (χ1) is 4.98. The highest BCUT2D eigenvalue weighted by Gasteiger charge is 2.28. The molecular weight excluding hydrogens is 162 g/mol. The smallest absolute Gasteiger partial charge is 0.234 e. The Hall–Kier alpha value is 0.0700. The van der Waals surface area contributed by atoms with Crippen LogP contribution >= 0.6 is 0 Å². The van der Waals surface area contributed by atoms with Gasteiger partial charge in [-0.3, -0.25) is 4.55 Å². The summed E-state index contributed by atoms with van der Waals surface area (Å²) in [6.07, 6.45) is 1.76. The lowest BCUT2D eigenvalue weighted by molar-refractivity contribution is 0.220. The highest BCUT2D eigenvalue weighted by molar-refractivity contribution is 7.76. The van der Waals surface area contributed by atoms with E-state index in [9.17, 15) is 4.21 Å². The maximum atomic E-state index is 10.7. The summed E-state index contributed by atoms with van der Waals surface area (Å²) < 4.78 is 21.0. The summed E-state index contributed by atoms with van der Waals surface area (Å²) in [5, 5.41) is 0. The zero-order valence-corrected chi connectivity index (χ0v) is 8.44. The molecule has 0 saturated heterocycles. The van der Waals surface area contributed by atoms with Gasteiger partial charge < -0.3 is 0 Å². The number of rotatable bonds is 4. The maximum Gasteiger partial charge on any atom is 0.234 e. The van der Waals surface area contributed by atoms with Crippen LogP contribution in [0.3, 0.4) is 0 Å². The van der Waals surface area contributed by atoms with Gasteiger partial charge in [0.25, 0.3) is 0 Å². The van der Waals surface area contributed by atoms with E-state index in [2.05, 4.69) is 0 Å². The summed E-state index contributed by atoms with van der Waals surface area (Å²) in [5.41, 5.74) is -0.153. The summed E-state index contributed by atoms with van der Waals surface area (Å²) >= 11 is -1.85. The molecule has 4 heteroatoms. The molecular formula is C7H17NO2S. The van der Waals surface area contributed by atoms with Crippen LogP contribution in [0.5, 0.6) is 0 Å². The molecule has 0 aromatic carbocycles. The molecule has 1 atom stereocenters. The van der Waals surface area contributed by atoms with Crippen LogP contribution in [0.25, 0.3) is 0 Å². The summed E-state index contributed by atoms with van der Waals surface area (Å²) in [4.78, 5) is 0. The van der Waals surface area contributed by atoms with Crippen LogP contribution in [0.15, 0.2) is 0 Å². The molecule has 0 radical (unpaired) electrons. The van der Waals surface area contributed by atoms with Crippen molar-refractivity contribution in [2.45, 2.75) is 39.2 Å². The van der Waals surface area contributed by atoms with Crippen LogP contribution in [0.2, 0.25) is 0 Å². The lowest BCUT2D eigenvalue weighted by atomic mass is 9.96. The van der Waals surface area contributed by atoms with Crippen molar-refractivity contribution in [2.75, 3.05) is 7.05 Å². The van der Waals surface area contributed by atoms with Crippen molar-refractivity contribution in [1.82, 2.24) is 4.31 Å². The van der Waals surface area contributed by atoms with Crippen LogP contribution in [0.4, 0.5) is 0 Å². The number of hydrogen-bond acceptors (Lipinski definition) is 1. The van der Waals surface area contributed by atoms with E-state index < -0.39 is 11.3 Å². The first kappa shape index (κ1) is 11.1. The van der Waals surface area contributed by atoms with Crippen molar-refractivity contribution < 1.29 is 8.76 Å². The van der Waals surface area contributed by atoms with Gasteiger partial charge in [-0.1, -0.05) is 13.8 Å². The van der Waals surface area contributed by atoms with E-state index in [-0.39, 0.29) is 5.54 Å². The summed E-state index contributed by atoms with van der Waals surface area (Å²) in [6, 6.07) is 0. The SMILES string of the molecule is CCC(C)(CC)N(C)S(=O)O. The van der Waals surface area contributed by atoms with Gasteiger partial charge in [0.2, 0.25) is 11.3 Å². The fourth-order valence-electron chi connectivity index (χ4n) is 0.884. The Morgan fingerprint density at radius 1 is 1.45 bits per heavy atom. The summed E-state index contributed by atoms with van der Waals surface area (Å²) in [6.45, 7) is 6.03. The Kier molecular flexibility index (Phi) is 4.21. The van der Waals surface area contributed by atoms with Gasteiger partial charge in [-0.25, -0.2) is 4.21 Å². The highest BCUT2D eigenvalue weighted by atomic mass is 32.2. The van der Waals surface area contributed by atoms with E-state index in [4.69, 9.17) is 4.55 Å². The molecule has 1 unspecified atom stereocenters. The van der Waals surface area contributed by atoms with Crippen molar-refractivity contribution in [3.8, 4) is 0 Å². The molecule has 0 bridgehead atoms. The molecule has 0 heterocycles. The molecule has 0 amide bonds. The second-order valence-corrected chi connectivity index (χ2v) is 3.94. The van der Waals surface area contributed by atoms with Crippen molar-refractivity contribution in [3.63, 3.8) is 0 Å². The van der Waals surface area contributed by atoms with Crippen LogP contribution in [0.1, 0.15) is 33.6 Å². The molecule has 0 aromatic heterocycles. The van der Waals surface area contributed by atoms with E-state index in [0.29, 0.717) is 0 Å². The van der Waals surface area contributed by atoms with Crippen LogP contribution in [-0.4, -0.2) is 25.7 Å².